The molecule has 3 aliphatic heterocycles. The van der Waals surface area contributed by atoms with E-state index < -0.39 is 24.5 Å². The molecule has 37 heavy (non-hydrogen) atoms. The van der Waals surface area contributed by atoms with E-state index in [2.05, 4.69) is 30.5 Å². The first kappa shape index (κ1) is 25.0. The lowest BCUT2D eigenvalue weighted by atomic mass is 9.71. The lowest BCUT2D eigenvalue weighted by molar-refractivity contribution is -0.0505. The van der Waals surface area contributed by atoms with Gasteiger partial charge in [-0.05, 0) is 75.0 Å². The Hall–Kier alpha value is -2.34. The van der Waals surface area contributed by atoms with Gasteiger partial charge in [-0.2, -0.15) is 0 Å². The number of halogens is 1. The van der Waals surface area contributed by atoms with E-state index in [4.69, 9.17) is 16.3 Å². The maximum Gasteiger partial charge on any atom is 0.167 e. The molecular formula is C26H34ClN7O3. The first-order chi connectivity index (χ1) is 18.0. The summed E-state index contributed by atoms with van der Waals surface area (Å²) in [6, 6.07) is 7.61. The fraction of sp³-hybridized carbons (Fsp3) is 0.577. The number of nitrogens with zero attached hydrogens (tertiary/aromatic N) is 5. The highest BCUT2D eigenvalue weighted by atomic mass is 35.5. The predicted molar refractivity (Wildman–Crippen MR) is 140 cm³/mol. The second-order valence-corrected chi connectivity index (χ2v) is 11.1. The molecule has 0 bridgehead atoms. The Morgan fingerprint density at radius 1 is 1.08 bits per heavy atom. The van der Waals surface area contributed by atoms with Crippen molar-refractivity contribution in [1.29, 1.82) is 0 Å². The largest absolute Gasteiger partial charge is 0.387 e. The molecule has 0 saturated carbocycles. The van der Waals surface area contributed by atoms with E-state index in [0.29, 0.717) is 40.5 Å². The maximum atomic E-state index is 10.9. The van der Waals surface area contributed by atoms with Crippen molar-refractivity contribution in [2.75, 3.05) is 38.0 Å². The Morgan fingerprint density at radius 2 is 1.89 bits per heavy atom. The number of aromatic nitrogens is 4. The molecule has 3 fully saturated rings. The van der Waals surface area contributed by atoms with E-state index in [1.54, 1.807) is 10.9 Å². The number of aliphatic hydroxyl groups excluding tert-OH is 2. The number of nitrogens with one attached hydrogen (secondary N) is 2. The Balaban J connectivity index is 1.13. The summed E-state index contributed by atoms with van der Waals surface area (Å²) in [4.78, 5) is 15.6. The van der Waals surface area contributed by atoms with Crippen molar-refractivity contribution in [2.45, 2.75) is 56.8 Å². The first-order valence-corrected chi connectivity index (χ1v) is 13.5. The summed E-state index contributed by atoms with van der Waals surface area (Å²) >= 11 is 6.10. The Bertz CT molecular complexity index is 1220. The second kappa shape index (κ2) is 10.4. The molecule has 6 rings (SSSR count). The Morgan fingerprint density at radius 3 is 2.68 bits per heavy atom. The number of rotatable bonds is 6. The van der Waals surface area contributed by atoms with Crippen LogP contribution in [0.1, 0.15) is 37.5 Å². The lowest BCUT2D eigenvalue weighted by Crippen LogP contribution is -2.48. The number of hydrogen-bond acceptors (Lipinski definition) is 9. The quantitative estimate of drug-likeness (QED) is 0.382. The van der Waals surface area contributed by atoms with Gasteiger partial charge in [-0.3, -0.25) is 4.57 Å². The van der Waals surface area contributed by atoms with Gasteiger partial charge in [-0.25, -0.2) is 15.0 Å². The van der Waals surface area contributed by atoms with Crippen molar-refractivity contribution in [2.24, 2.45) is 5.41 Å². The summed E-state index contributed by atoms with van der Waals surface area (Å²) in [6.07, 6.45) is 4.57. The van der Waals surface area contributed by atoms with Crippen LogP contribution < -0.4 is 10.6 Å². The van der Waals surface area contributed by atoms with Gasteiger partial charge in [0.15, 0.2) is 23.2 Å². The van der Waals surface area contributed by atoms with E-state index >= 15 is 0 Å². The van der Waals surface area contributed by atoms with Crippen LogP contribution in [-0.2, 0) is 11.3 Å². The topological polar surface area (TPSA) is 121 Å². The average molecular weight is 528 g/mol. The van der Waals surface area contributed by atoms with Crippen LogP contribution in [0.4, 0.5) is 5.82 Å². The Labute approximate surface area is 221 Å². The summed E-state index contributed by atoms with van der Waals surface area (Å²) in [6.45, 7) is 5.33. The van der Waals surface area contributed by atoms with E-state index in [1.807, 2.05) is 24.3 Å². The molecule has 198 valence electrons. The number of anilines is 1. The van der Waals surface area contributed by atoms with Crippen LogP contribution in [0.15, 0.2) is 36.9 Å². The molecule has 1 aromatic carbocycles. The molecule has 0 amide bonds. The van der Waals surface area contributed by atoms with Gasteiger partial charge in [-0.1, -0.05) is 23.7 Å². The van der Waals surface area contributed by atoms with Gasteiger partial charge in [0.05, 0.1) is 6.33 Å². The summed E-state index contributed by atoms with van der Waals surface area (Å²) in [5.74, 6) is 0.577. The number of imidazole rings is 1. The van der Waals surface area contributed by atoms with Crippen molar-refractivity contribution in [1.82, 2.24) is 29.7 Å². The van der Waals surface area contributed by atoms with Crippen LogP contribution in [0.3, 0.4) is 0 Å². The highest BCUT2D eigenvalue weighted by Gasteiger charge is 2.45. The molecule has 5 heterocycles. The van der Waals surface area contributed by atoms with Crippen LogP contribution in [0.5, 0.6) is 0 Å². The highest BCUT2D eigenvalue weighted by Crippen LogP contribution is 2.40. The van der Waals surface area contributed by atoms with Crippen LogP contribution in [0.25, 0.3) is 11.2 Å². The Kier molecular flexibility index (Phi) is 7.04. The number of piperidine rings is 2. The summed E-state index contributed by atoms with van der Waals surface area (Å²) in [5.41, 5.74) is 2.59. The van der Waals surface area contributed by atoms with Gasteiger partial charge in [0, 0.05) is 18.1 Å². The molecule has 0 radical (unpaired) electrons. The van der Waals surface area contributed by atoms with Gasteiger partial charge in [-0.15, -0.1) is 0 Å². The van der Waals surface area contributed by atoms with Crippen LogP contribution >= 0.6 is 11.6 Å². The number of aliphatic hydroxyl groups is 2. The molecule has 4 atom stereocenters. The van der Waals surface area contributed by atoms with E-state index in [-0.39, 0.29) is 0 Å². The van der Waals surface area contributed by atoms with Gasteiger partial charge >= 0.3 is 0 Å². The molecule has 3 aliphatic rings. The third-order valence-electron chi connectivity index (χ3n) is 8.34. The second-order valence-electron chi connectivity index (χ2n) is 10.6. The minimum atomic E-state index is -1.08. The standard InChI is InChI=1S/C26H34ClN7O3/c27-18-3-1-2-17(12-18)13-29-23-20-24(31-15-30-23)34(16-32-20)25-22(36)21(35)19(37-25)14-33-10-6-26(7-11-33)4-8-28-9-5-26/h1-3,12,15-16,19,21-22,25,28,35-36H,4-11,13-14H2,(H,29,30,31)/t19-,21-,22-,25-/m1/s1. The van der Waals surface area contributed by atoms with E-state index in [1.165, 1.54) is 32.0 Å². The third-order valence-corrected chi connectivity index (χ3v) is 8.57. The van der Waals surface area contributed by atoms with Gasteiger partial charge < -0.3 is 30.5 Å². The fourth-order valence-electron chi connectivity index (χ4n) is 6.03. The smallest absolute Gasteiger partial charge is 0.167 e. The monoisotopic (exact) mass is 527 g/mol. The van der Waals surface area contributed by atoms with Crippen molar-refractivity contribution in [3.63, 3.8) is 0 Å². The zero-order valence-electron chi connectivity index (χ0n) is 20.8. The van der Waals surface area contributed by atoms with Gasteiger partial charge in [0.25, 0.3) is 0 Å². The molecule has 3 saturated heterocycles. The van der Waals surface area contributed by atoms with Crippen molar-refractivity contribution < 1.29 is 14.9 Å². The van der Waals surface area contributed by atoms with E-state index in [9.17, 15) is 10.2 Å². The summed E-state index contributed by atoms with van der Waals surface area (Å²) in [7, 11) is 0. The third kappa shape index (κ3) is 5.06. The molecule has 4 N–H and O–H groups in total. The van der Waals surface area contributed by atoms with Crippen LogP contribution in [0.2, 0.25) is 5.02 Å². The van der Waals surface area contributed by atoms with Crippen LogP contribution in [0, 0.1) is 5.41 Å². The minimum Gasteiger partial charge on any atom is -0.387 e. The zero-order chi connectivity index (χ0) is 25.4. The number of benzene rings is 1. The number of fused-ring (bicyclic) bond motifs is 1. The lowest BCUT2D eigenvalue weighted by Gasteiger charge is -2.45. The molecule has 1 spiro atoms. The number of likely N-dealkylation sites (tertiary alicyclic amines) is 1. The van der Waals surface area contributed by atoms with Crippen molar-refractivity contribution in [3.05, 3.63) is 47.5 Å². The SMILES string of the molecule is O[C@@H]1[C@H](O)[C@@H](CN2CCC3(CCNCC3)CC2)O[C@H]1n1cnc2c(NCc3cccc(Cl)c3)ncnc21. The normalized spacial score (nSPS) is 28.2. The molecule has 2 aromatic heterocycles. The van der Waals surface area contributed by atoms with Crippen molar-refractivity contribution in [3.8, 4) is 0 Å². The zero-order valence-corrected chi connectivity index (χ0v) is 21.5. The highest BCUT2D eigenvalue weighted by molar-refractivity contribution is 6.30. The van der Waals surface area contributed by atoms with Crippen molar-refractivity contribution >= 4 is 28.6 Å². The average Bonchev–Trinajstić information content (AvgIpc) is 3.46. The molecular weight excluding hydrogens is 494 g/mol. The maximum absolute atomic E-state index is 10.9. The molecule has 10 nitrogen and oxygen atoms in total. The summed E-state index contributed by atoms with van der Waals surface area (Å²) < 4.78 is 7.93. The summed E-state index contributed by atoms with van der Waals surface area (Å²) in [5, 5.41) is 29.2. The van der Waals surface area contributed by atoms with Crippen LogP contribution in [-0.4, -0.2) is 85.7 Å². The van der Waals surface area contributed by atoms with Gasteiger partial charge in [0.2, 0.25) is 0 Å². The fourth-order valence-corrected chi connectivity index (χ4v) is 6.24. The van der Waals surface area contributed by atoms with Gasteiger partial charge in [0.1, 0.15) is 24.6 Å². The molecule has 3 aromatic rings. The molecule has 11 heteroatoms. The molecule has 0 aliphatic carbocycles. The predicted octanol–water partition coefficient (Wildman–Crippen LogP) is 2.18. The minimum absolute atomic E-state index is 0.465. The molecule has 0 unspecified atom stereocenters. The first-order valence-electron chi connectivity index (χ1n) is 13.1. The number of hydrogen-bond donors (Lipinski definition) is 4. The van der Waals surface area contributed by atoms with E-state index in [0.717, 1.165) is 31.7 Å². The number of ether oxygens (including phenoxy) is 1.